The van der Waals surface area contributed by atoms with Gasteiger partial charge in [-0.1, -0.05) is 24.6 Å². The maximum Gasteiger partial charge on any atom is 0.131 e. The van der Waals surface area contributed by atoms with Gasteiger partial charge in [0, 0.05) is 23.2 Å². The van der Waals surface area contributed by atoms with Crippen molar-refractivity contribution in [2.45, 2.75) is 33.2 Å². The molecule has 19 heavy (non-hydrogen) atoms. The number of nitrogens with one attached hydrogen (secondary N) is 1. The van der Waals surface area contributed by atoms with Gasteiger partial charge in [0.2, 0.25) is 0 Å². The Balaban J connectivity index is 2.68. The second-order valence-corrected chi connectivity index (χ2v) is 4.82. The molecule has 1 unspecified atom stereocenters. The lowest BCUT2D eigenvalue weighted by atomic mass is 10.1. The van der Waals surface area contributed by atoms with Crippen molar-refractivity contribution in [3.8, 4) is 5.75 Å². The molecule has 1 aromatic rings. The highest BCUT2D eigenvalue weighted by atomic mass is 35.5. The van der Waals surface area contributed by atoms with E-state index in [0.29, 0.717) is 17.9 Å². The van der Waals surface area contributed by atoms with Crippen LogP contribution in [0.15, 0.2) is 29.3 Å². The van der Waals surface area contributed by atoms with E-state index in [9.17, 15) is 4.39 Å². The second-order valence-electron chi connectivity index (χ2n) is 4.60. The summed E-state index contributed by atoms with van der Waals surface area (Å²) in [7, 11) is 0. The molecule has 1 N–H and O–H groups in total. The van der Waals surface area contributed by atoms with E-state index in [1.807, 2.05) is 13.8 Å². The van der Waals surface area contributed by atoms with Gasteiger partial charge in [0.05, 0.1) is 0 Å². The average molecular weight is 286 g/mol. The fraction of sp³-hybridized carbons (Fsp3) is 0.467. The van der Waals surface area contributed by atoms with Crippen LogP contribution in [-0.2, 0) is 0 Å². The topological polar surface area (TPSA) is 21.3 Å². The SMILES string of the molecule is CCCNC(C)c1ccc(OC/C(C)=C/Cl)cc1F. The minimum atomic E-state index is -0.249. The summed E-state index contributed by atoms with van der Waals surface area (Å²) in [6, 6.07) is 4.96. The summed E-state index contributed by atoms with van der Waals surface area (Å²) in [5.41, 5.74) is 3.01. The zero-order valence-corrected chi connectivity index (χ0v) is 12.4. The first-order valence-corrected chi connectivity index (χ1v) is 6.93. The molecule has 0 aliphatic rings. The quantitative estimate of drug-likeness (QED) is 0.801. The molecule has 1 atom stereocenters. The van der Waals surface area contributed by atoms with Gasteiger partial charge in [0.1, 0.15) is 18.2 Å². The maximum absolute atomic E-state index is 14.0. The van der Waals surface area contributed by atoms with Crippen LogP contribution < -0.4 is 10.1 Å². The molecule has 0 aliphatic heterocycles. The first-order valence-electron chi connectivity index (χ1n) is 6.50. The Kier molecular flexibility index (Phi) is 6.89. The molecule has 1 rings (SSSR count). The molecular weight excluding hydrogens is 265 g/mol. The van der Waals surface area contributed by atoms with Gasteiger partial charge in [-0.05, 0) is 38.5 Å². The van der Waals surface area contributed by atoms with Gasteiger partial charge in [-0.3, -0.25) is 0 Å². The molecule has 0 amide bonds. The molecule has 0 radical (unpaired) electrons. The van der Waals surface area contributed by atoms with E-state index in [0.717, 1.165) is 18.5 Å². The summed E-state index contributed by atoms with van der Waals surface area (Å²) in [5.74, 6) is 0.267. The molecule has 0 heterocycles. The van der Waals surface area contributed by atoms with E-state index in [1.165, 1.54) is 11.6 Å². The Labute approximate surface area is 119 Å². The van der Waals surface area contributed by atoms with Crippen LogP contribution in [0.5, 0.6) is 5.75 Å². The molecular formula is C15H21ClFNO. The van der Waals surface area contributed by atoms with Gasteiger partial charge in [-0.15, -0.1) is 0 Å². The number of hydrogen-bond donors (Lipinski definition) is 1. The summed E-state index contributed by atoms with van der Waals surface area (Å²) >= 11 is 5.54. The van der Waals surface area contributed by atoms with Crippen LogP contribution in [-0.4, -0.2) is 13.2 Å². The Morgan fingerprint density at radius 3 is 2.84 bits per heavy atom. The van der Waals surface area contributed by atoms with Crippen LogP contribution in [0.25, 0.3) is 0 Å². The number of halogens is 2. The highest BCUT2D eigenvalue weighted by Gasteiger charge is 2.11. The average Bonchev–Trinajstić information content (AvgIpc) is 2.42. The van der Waals surface area contributed by atoms with Gasteiger partial charge in [-0.25, -0.2) is 4.39 Å². The van der Waals surface area contributed by atoms with Crippen molar-refractivity contribution >= 4 is 11.6 Å². The third-order valence-electron chi connectivity index (χ3n) is 2.79. The van der Waals surface area contributed by atoms with Crippen LogP contribution in [0, 0.1) is 5.82 Å². The summed E-state index contributed by atoms with van der Waals surface area (Å²) < 4.78 is 19.4. The molecule has 0 saturated heterocycles. The first kappa shape index (κ1) is 16.0. The lowest BCUT2D eigenvalue weighted by Gasteiger charge is -2.15. The Hall–Kier alpha value is -1.06. The molecule has 4 heteroatoms. The van der Waals surface area contributed by atoms with Crippen LogP contribution in [0.1, 0.15) is 38.8 Å². The van der Waals surface area contributed by atoms with E-state index in [2.05, 4.69) is 12.2 Å². The normalized spacial score (nSPS) is 13.4. The van der Waals surface area contributed by atoms with E-state index in [-0.39, 0.29) is 11.9 Å². The fourth-order valence-corrected chi connectivity index (χ4v) is 1.71. The molecule has 0 fully saturated rings. The van der Waals surface area contributed by atoms with E-state index < -0.39 is 0 Å². The van der Waals surface area contributed by atoms with Gasteiger partial charge in [0.25, 0.3) is 0 Å². The number of hydrogen-bond acceptors (Lipinski definition) is 2. The van der Waals surface area contributed by atoms with Crippen molar-refractivity contribution in [1.82, 2.24) is 5.32 Å². The van der Waals surface area contributed by atoms with Crippen molar-refractivity contribution < 1.29 is 9.13 Å². The highest BCUT2D eigenvalue weighted by molar-refractivity contribution is 6.25. The predicted molar refractivity (Wildman–Crippen MR) is 78.2 cm³/mol. The molecule has 1 aromatic carbocycles. The molecule has 106 valence electrons. The van der Waals surface area contributed by atoms with E-state index >= 15 is 0 Å². The van der Waals surface area contributed by atoms with Crippen LogP contribution >= 0.6 is 11.6 Å². The Morgan fingerprint density at radius 2 is 2.26 bits per heavy atom. The Bertz CT molecular complexity index is 434. The minimum absolute atomic E-state index is 0.00141. The van der Waals surface area contributed by atoms with Gasteiger partial charge < -0.3 is 10.1 Å². The molecule has 0 aliphatic carbocycles. The lowest BCUT2D eigenvalue weighted by Crippen LogP contribution is -2.20. The maximum atomic E-state index is 14.0. The molecule has 0 aromatic heterocycles. The third kappa shape index (κ3) is 5.21. The monoisotopic (exact) mass is 285 g/mol. The van der Waals surface area contributed by atoms with Crippen LogP contribution in [0.2, 0.25) is 0 Å². The van der Waals surface area contributed by atoms with Gasteiger partial charge in [-0.2, -0.15) is 0 Å². The highest BCUT2D eigenvalue weighted by Crippen LogP contribution is 2.22. The smallest absolute Gasteiger partial charge is 0.131 e. The summed E-state index contributed by atoms with van der Waals surface area (Å²) in [6.45, 7) is 7.13. The number of ether oxygens (including phenoxy) is 1. The summed E-state index contributed by atoms with van der Waals surface area (Å²) in [4.78, 5) is 0. The predicted octanol–water partition coefficient (Wildman–Crippen LogP) is 4.41. The lowest BCUT2D eigenvalue weighted by molar-refractivity contribution is 0.349. The van der Waals surface area contributed by atoms with Crippen LogP contribution in [0.3, 0.4) is 0 Å². The molecule has 0 saturated carbocycles. The van der Waals surface area contributed by atoms with Crippen molar-refractivity contribution in [2.75, 3.05) is 13.2 Å². The van der Waals surface area contributed by atoms with Crippen molar-refractivity contribution in [3.05, 3.63) is 40.7 Å². The van der Waals surface area contributed by atoms with Crippen molar-refractivity contribution in [3.63, 3.8) is 0 Å². The second kappa shape index (κ2) is 8.18. The molecule has 2 nitrogen and oxygen atoms in total. The Morgan fingerprint density at radius 1 is 1.53 bits per heavy atom. The zero-order valence-electron chi connectivity index (χ0n) is 11.7. The molecule has 0 spiro atoms. The number of rotatable bonds is 7. The third-order valence-corrected chi connectivity index (χ3v) is 3.16. The van der Waals surface area contributed by atoms with Gasteiger partial charge in [0.15, 0.2) is 0 Å². The summed E-state index contributed by atoms with van der Waals surface area (Å²) in [5, 5.41) is 3.26. The van der Waals surface area contributed by atoms with Gasteiger partial charge >= 0.3 is 0 Å². The first-order chi connectivity index (χ1) is 9.08. The van der Waals surface area contributed by atoms with Crippen molar-refractivity contribution in [1.29, 1.82) is 0 Å². The zero-order chi connectivity index (χ0) is 14.3. The summed E-state index contributed by atoms with van der Waals surface area (Å²) in [6.07, 6.45) is 1.02. The van der Waals surface area contributed by atoms with E-state index in [4.69, 9.17) is 16.3 Å². The van der Waals surface area contributed by atoms with E-state index in [1.54, 1.807) is 12.1 Å². The number of benzene rings is 1. The molecule has 0 bridgehead atoms. The largest absolute Gasteiger partial charge is 0.489 e. The minimum Gasteiger partial charge on any atom is -0.489 e. The standard InChI is InChI=1S/C15H21ClFNO/c1-4-7-18-12(3)14-6-5-13(8-15(14)17)19-10-11(2)9-16/h5-6,8-9,12,18H,4,7,10H2,1-3H3/b11-9+. The van der Waals surface area contributed by atoms with Crippen molar-refractivity contribution in [2.24, 2.45) is 0 Å². The fourth-order valence-electron chi connectivity index (χ4n) is 1.65. The van der Waals surface area contributed by atoms with Crippen LogP contribution in [0.4, 0.5) is 4.39 Å².